The van der Waals surface area contributed by atoms with Crippen LogP contribution >= 0.6 is 0 Å². The maximum Gasteiger partial charge on any atom is 0.227 e. The Labute approximate surface area is 143 Å². The number of aromatic hydroxyl groups is 1. The normalized spacial score (nSPS) is 12.0. The molecule has 0 aromatic heterocycles. The molecule has 2 aromatic carbocycles. The van der Waals surface area contributed by atoms with Gasteiger partial charge in [0.25, 0.3) is 0 Å². The van der Waals surface area contributed by atoms with Gasteiger partial charge in [-0.25, -0.2) is 0 Å². The second-order valence-corrected chi connectivity index (χ2v) is 6.16. The molecule has 0 aliphatic rings. The van der Waals surface area contributed by atoms with Gasteiger partial charge in [0.2, 0.25) is 5.91 Å². The highest BCUT2D eigenvalue weighted by Crippen LogP contribution is 2.19. The molecule has 0 saturated carbocycles. The SMILES string of the molecule is CCN(CC(O)c1ccc(C)cc1)C(=O)Cc1ccc(C)c(O)c1. The van der Waals surface area contributed by atoms with Gasteiger partial charge in [0, 0.05) is 6.54 Å². The lowest BCUT2D eigenvalue weighted by Gasteiger charge is -2.24. The molecule has 0 aliphatic heterocycles. The predicted molar refractivity (Wildman–Crippen MR) is 94.9 cm³/mol. The fourth-order valence-corrected chi connectivity index (χ4v) is 2.56. The fraction of sp³-hybridized carbons (Fsp3) is 0.350. The number of rotatable bonds is 6. The van der Waals surface area contributed by atoms with Crippen molar-refractivity contribution < 1.29 is 15.0 Å². The van der Waals surface area contributed by atoms with Gasteiger partial charge in [-0.3, -0.25) is 4.79 Å². The molecule has 1 unspecified atom stereocenters. The molecule has 2 rings (SSSR count). The van der Waals surface area contributed by atoms with E-state index in [1.807, 2.05) is 51.1 Å². The lowest BCUT2D eigenvalue weighted by molar-refractivity contribution is -0.131. The van der Waals surface area contributed by atoms with E-state index in [1.165, 1.54) is 0 Å². The smallest absolute Gasteiger partial charge is 0.227 e. The lowest BCUT2D eigenvalue weighted by atomic mass is 10.1. The third kappa shape index (κ3) is 4.59. The fourth-order valence-electron chi connectivity index (χ4n) is 2.56. The van der Waals surface area contributed by atoms with Gasteiger partial charge in [-0.2, -0.15) is 0 Å². The van der Waals surface area contributed by atoms with Gasteiger partial charge in [-0.05, 0) is 43.5 Å². The Morgan fingerprint density at radius 3 is 2.38 bits per heavy atom. The van der Waals surface area contributed by atoms with Crippen LogP contribution in [0.25, 0.3) is 0 Å². The Kier molecular flexibility index (Phi) is 5.99. The van der Waals surface area contributed by atoms with Gasteiger partial charge in [0.1, 0.15) is 5.75 Å². The van der Waals surface area contributed by atoms with Crippen LogP contribution in [0.15, 0.2) is 42.5 Å². The highest BCUT2D eigenvalue weighted by molar-refractivity contribution is 5.79. The van der Waals surface area contributed by atoms with Gasteiger partial charge >= 0.3 is 0 Å². The topological polar surface area (TPSA) is 60.8 Å². The quantitative estimate of drug-likeness (QED) is 0.857. The number of carbonyl (C=O) groups excluding carboxylic acids is 1. The molecule has 2 aromatic rings. The van der Waals surface area contributed by atoms with Crippen LogP contribution in [-0.2, 0) is 11.2 Å². The molecule has 1 atom stereocenters. The maximum atomic E-state index is 12.5. The molecule has 1 amide bonds. The van der Waals surface area contributed by atoms with Crippen LogP contribution in [0, 0.1) is 13.8 Å². The van der Waals surface area contributed by atoms with Crippen LogP contribution in [0.5, 0.6) is 5.75 Å². The molecular weight excluding hydrogens is 302 g/mol. The third-order valence-corrected chi connectivity index (χ3v) is 4.22. The van der Waals surface area contributed by atoms with Gasteiger partial charge in [-0.1, -0.05) is 42.0 Å². The summed E-state index contributed by atoms with van der Waals surface area (Å²) in [6.45, 7) is 6.49. The first-order valence-electron chi connectivity index (χ1n) is 8.21. The van der Waals surface area contributed by atoms with Crippen molar-refractivity contribution in [2.45, 2.75) is 33.3 Å². The molecule has 0 aliphatic carbocycles. The van der Waals surface area contributed by atoms with E-state index in [9.17, 15) is 15.0 Å². The number of hydrogen-bond donors (Lipinski definition) is 2. The molecule has 2 N–H and O–H groups in total. The van der Waals surface area contributed by atoms with Crippen LogP contribution in [0.1, 0.15) is 35.3 Å². The first-order valence-corrected chi connectivity index (χ1v) is 8.21. The molecule has 24 heavy (non-hydrogen) atoms. The van der Waals surface area contributed by atoms with E-state index in [0.717, 1.165) is 22.3 Å². The van der Waals surface area contributed by atoms with Crippen molar-refractivity contribution in [3.63, 3.8) is 0 Å². The van der Waals surface area contributed by atoms with Crippen molar-refractivity contribution in [1.82, 2.24) is 4.90 Å². The minimum Gasteiger partial charge on any atom is -0.508 e. The molecule has 0 fully saturated rings. The first kappa shape index (κ1) is 18.0. The average molecular weight is 327 g/mol. The number of phenolic OH excluding ortho intramolecular Hbond substituents is 1. The minimum absolute atomic E-state index is 0.0630. The molecule has 0 spiro atoms. The Morgan fingerprint density at radius 2 is 1.79 bits per heavy atom. The molecule has 0 bridgehead atoms. The van der Waals surface area contributed by atoms with Crippen LogP contribution in [0.3, 0.4) is 0 Å². The molecule has 4 nitrogen and oxygen atoms in total. The average Bonchev–Trinajstić information content (AvgIpc) is 2.56. The summed E-state index contributed by atoms with van der Waals surface area (Å²) in [6.07, 6.45) is -0.497. The van der Waals surface area contributed by atoms with Crippen LogP contribution in [0.4, 0.5) is 0 Å². The Balaban J connectivity index is 2.02. The highest BCUT2D eigenvalue weighted by Gasteiger charge is 2.18. The maximum absolute atomic E-state index is 12.5. The predicted octanol–water partition coefficient (Wildman–Crippen LogP) is 3.13. The zero-order chi connectivity index (χ0) is 17.7. The van der Waals surface area contributed by atoms with Crippen molar-refractivity contribution in [1.29, 1.82) is 0 Å². The summed E-state index contributed by atoms with van der Waals surface area (Å²) in [4.78, 5) is 14.1. The van der Waals surface area contributed by atoms with Gasteiger partial charge in [-0.15, -0.1) is 0 Å². The van der Waals surface area contributed by atoms with E-state index in [4.69, 9.17) is 0 Å². The van der Waals surface area contributed by atoms with Crippen molar-refractivity contribution in [3.05, 3.63) is 64.7 Å². The summed E-state index contributed by atoms with van der Waals surface area (Å²) in [7, 11) is 0. The number of aliphatic hydroxyl groups excluding tert-OH is 1. The first-order chi connectivity index (χ1) is 11.4. The summed E-state index contributed by atoms with van der Waals surface area (Å²) < 4.78 is 0. The van der Waals surface area contributed by atoms with Crippen molar-refractivity contribution in [2.24, 2.45) is 0 Å². The molecular formula is C20H25NO3. The molecule has 0 heterocycles. The number of amides is 1. The number of phenols is 1. The second kappa shape index (κ2) is 7.97. The number of likely N-dealkylation sites (N-methyl/N-ethyl adjacent to an activating group) is 1. The summed E-state index contributed by atoms with van der Waals surface area (Å²) in [5, 5.41) is 20.1. The number of aryl methyl sites for hydroxylation is 2. The number of benzene rings is 2. The standard InChI is InChI=1S/C20H25NO3/c1-4-21(13-19(23)17-9-5-14(2)6-10-17)20(24)12-16-8-7-15(3)18(22)11-16/h5-11,19,22-23H,4,12-13H2,1-3H3. The van der Waals surface area contributed by atoms with Gasteiger partial charge in [0.05, 0.1) is 19.1 Å². The van der Waals surface area contributed by atoms with E-state index < -0.39 is 6.10 Å². The number of hydrogen-bond acceptors (Lipinski definition) is 3. The van der Waals surface area contributed by atoms with E-state index in [2.05, 4.69) is 0 Å². The Bertz CT molecular complexity index is 695. The van der Waals surface area contributed by atoms with Gasteiger partial charge in [0.15, 0.2) is 0 Å². The van der Waals surface area contributed by atoms with E-state index in [-0.39, 0.29) is 24.6 Å². The van der Waals surface area contributed by atoms with E-state index in [0.29, 0.717) is 6.54 Å². The highest BCUT2D eigenvalue weighted by atomic mass is 16.3. The van der Waals surface area contributed by atoms with E-state index in [1.54, 1.807) is 17.0 Å². The second-order valence-electron chi connectivity index (χ2n) is 6.16. The number of carbonyl (C=O) groups is 1. The molecule has 0 radical (unpaired) electrons. The van der Waals surface area contributed by atoms with Crippen LogP contribution in [0.2, 0.25) is 0 Å². The van der Waals surface area contributed by atoms with Crippen molar-refractivity contribution in [3.8, 4) is 5.75 Å². The van der Waals surface area contributed by atoms with E-state index >= 15 is 0 Å². The summed E-state index contributed by atoms with van der Waals surface area (Å²) >= 11 is 0. The molecule has 4 heteroatoms. The number of nitrogens with zero attached hydrogens (tertiary/aromatic N) is 1. The van der Waals surface area contributed by atoms with Gasteiger partial charge < -0.3 is 15.1 Å². The summed E-state index contributed by atoms with van der Waals surface area (Å²) in [5.41, 5.74) is 3.49. The minimum atomic E-state index is -0.707. The number of aliphatic hydroxyl groups is 1. The largest absolute Gasteiger partial charge is 0.508 e. The summed E-state index contributed by atoms with van der Waals surface area (Å²) in [6, 6.07) is 12.9. The Morgan fingerprint density at radius 1 is 1.12 bits per heavy atom. The third-order valence-electron chi connectivity index (χ3n) is 4.22. The zero-order valence-corrected chi connectivity index (χ0v) is 14.5. The van der Waals surface area contributed by atoms with Crippen molar-refractivity contribution in [2.75, 3.05) is 13.1 Å². The lowest BCUT2D eigenvalue weighted by Crippen LogP contribution is -2.35. The zero-order valence-electron chi connectivity index (χ0n) is 14.5. The van der Waals surface area contributed by atoms with Crippen LogP contribution < -0.4 is 0 Å². The molecule has 0 saturated heterocycles. The summed E-state index contributed by atoms with van der Waals surface area (Å²) in [5.74, 6) is 0.134. The Hall–Kier alpha value is -2.33. The molecule has 128 valence electrons. The monoisotopic (exact) mass is 327 g/mol. The van der Waals surface area contributed by atoms with Crippen molar-refractivity contribution >= 4 is 5.91 Å². The van der Waals surface area contributed by atoms with Crippen LogP contribution in [-0.4, -0.2) is 34.1 Å².